The Hall–Kier alpha value is -1.82. The number of rotatable bonds is 5. The van der Waals surface area contributed by atoms with Gasteiger partial charge in [-0.1, -0.05) is 6.07 Å². The summed E-state index contributed by atoms with van der Waals surface area (Å²) in [7, 11) is 0. The van der Waals surface area contributed by atoms with Crippen LogP contribution in [-0.4, -0.2) is 16.6 Å². The fourth-order valence-electron chi connectivity index (χ4n) is 1.56. The van der Waals surface area contributed by atoms with Gasteiger partial charge in [0.15, 0.2) is 5.82 Å². The van der Waals surface area contributed by atoms with Crippen molar-refractivity contribution in [3.8, 4) is 5.88 Å². The third-order valence-electron chi connectivity index (χ3n) is 2.45. The van der Waals surface area contributed by atoms with Crippen molar-refractivity contribution in [1.29, 1.82) is 0 Å². The first-order valence-electron chi connectivity index (χ1n) is 5.75. The van der Waals surface area contributed by atoms with Crippen LogP contribution in [0.3, 0.4) is 0 Å². The third-order valence-corrected chi connectivity index (χ3v) is 3.51. The zero-order valence-corrected chi connectivity index (χ0v) is 11.2. The van der Waals surface area contributed by atoms with Gasteiger partial charge in [-0.05, 0) is 25.3 Å². The van der Waals surface area contributed by atoms with E-state index in [0.717, 1.165) is 0 Å². The third kappa shape index (κ3) is 2.70. The summed E-state index contributed by atoms with van der Waals surface area (Å²) in [6.45, 7) is 4.48. The van der Waals surface area contributed by atoms with E-state index in [-0.39, 0.29) is 6.04 Å². The maximum atomic E-state index is 5.96. The van der Waals surface area contributed by atoms with Gasteiger partial charge in [-0.3, -0.25) is 0 Å². The molecule has 2 heterocycles. The fourth-order valence-corrected chi connectivity index (χ4v) is 2.29. The van der Waals surface area contributed by atoms with E-state index in [1.165, 1.54) is 11.2 Å². The molecule has 0 aliphatic carbocycles. The van der Waals surface area contributed by atoms with Gasteiger partial charge < -0.3 is 15.8 Å². The van der Waals surface area contributed by atoms with Crippen molar-refractivity contribution in [2.75, 3.05) is 17.7 Å². The Balaban J connectivity index is 2.16. The van der Waals surface area contributed by atoms with Gasteiger partial charge >= 0.3 is 0 Å². The Morgan fingerprint density at radius 2 is 2.33 bits per heavy atom. The van der Waals surface area contributed by atoms with Crippen LogP contribution >= 0.6 is 11.3 Å². The fraction of sp³-hybridized carbons (Fsp3) is 0.333. The Labute approximate surface area is 110 Å². The van der Waals surface area contributed by atoms with Crippen molar-refractivity contribution in [2.45, 2.75) is 19.9 Å². The summed E-state index contributed by atoms with van der Waals surface area (Å²) in [5.74, 6) is 1.03. The summed E-state index contributed by atoms with van der Waals surface area (Å²) in [6.07, 6.45) is 1.45. The molecule has 96 valence electrons. The molecule has 0 saturated carbocycles. The number of nitrogens with zero attached hydrogens (tertiary/aromatic N) is 2. The van der Waals surface area contributed by atoms with E-state index < -0.39 is 0 Å². The SMILES string of the molecule is CCOc1ncnc(NC(C)c2cccs2)c1N. The van der Waals surface area contributed by atoms with Gasteiger partial charge in [0.2, 0.25) is 5.88 Å². The molecule has 0 radical (unpaired) electrons. The normalized spacial score (nSPS) is 12.1. The van der Waals surface area contributed by atoms with Crippen LogP contribution < -0.4 is 15.8 Å². The summed E-state index contributed by atoms with van der Waals surface area (Å²) in [5, 5.41) is 5.31. The number of anilines is 2. The van der Waals surface area contributed by atoms with Crippen LogP contribution in [0.2, 0.25) is 0 Å². The number of ether oxygens (including phenoxy) is 1. The Morgan fingerprint density at radius 3 is 3.00 bits per heavy atom. The Bertz CT molecular complexity index is 501. The number of nitrogens with two attached hydrogens (primary N) is 1. The largest absolute Gasteiger partial charge is 0.476 e. The van der Waals surface area contributed by atoms with E-state index >= 15 is 0 Å². The molecular formula is C12H16N4OS. The van der Waals surface area contributed by atoms with Crippen LogP contribution in [0.4, 0.5) is 11.5 Å². The zero-order valence-electron chi connectivity index (χ0n) is 10.4. The molecule has 0 aliphatic heterocycles. The van der Waals surface area contributed by atoms with Crippen LogP contribution in [0, 0.1) is 0 Å². The molecule has 2 aromatic heterocycles. The van der Waals surface area contributed by atoms with E-state index in [9.17, 15) is 0 Å². The van der Waals surface area contributed by atoms with Gasteiger partial charge in [-0.25, -0.2) is 4.98 Å². The Morgan fingerprint density at radius 1 is 1.50 bits per heavy atom. The van der Waals surface area contributed by atoms with Crippen LogP contribution in [0.15, 0.2) is 23.8 Å². The second kappa shape index (κ2) is 5.68. The minimum Gasteiger partial charge on any atom is -0.476 e. The lowest BCUT2D eigenvalue weighted by molar-refractivity contribution is 0.328. The summed E-state index contributed by atoms with van der Waals surface area (Å²) >= 11 is 1.69. The molecule has 0 fully saturated rings. The molecular weight excluding hydrogens is 248 g/mol. The second-order valence-corrected chi connectivity index (χ2v) is 4.73. The number of aromatic nitrogens is 2. The lowest BCUT2D eigenvalue weighted by Crippen LogP contribution is -2.10. The first-order valence-corrected chi connectivity index (χ1v) is 6.63. The molecule has 2 rings (SSSR count). The maximum Gasteiger partial charge on any atom is 0.242 e. The topological polar surface area (TPSA) is 73.1 Å². The van der Waals surface area contributed by atoms with E-state index in [2.05, 4.69) is 28.3 Å². The molecule has 0 amide bonds. The molecule has 18 heavy (non-hydrogen) atoms. The predicted molar refractivity (Wildman–Crippen MR) is 74.0 cm³/mol. The molecule has 5 nitrogen and oxygen atoms in total. The summed E-state index contributed by atoms with van der Waals surface area (Å²) in [4.78, 5) is 9.38. The van der Waals surface area contributed by atoms with Gasteiger partial charge in [0.05, 0.1) is 12.6 Å². The lowest BCUT2D eigenvalue weighted by atomic mass is 10.2. The van der Waals surface area contributed by atoms with E-state index in [1.54, 1.807) is 11.3 Å². The average Bonchev–Trinajstić information content (AvgIpc) is 2.88. The van der Waals surface area contributed by atoms with Gasteiger partial charge in [-0.15, -0.1) is 11.3 Å². The van der Waals surface area contributed by atoms with Crippen molar-refractivity contribution in [3.63, 3.8) is 0 Å². The van der Waals surface area contributed by atoms with Crippen LogP contribution in [0.1, 0.15) is 24.8 Å². The van der Waals surface area contributed by atoms with Crippen molar-refractivity contribution >= 4 is 22.8 Å². The summed E-state index contributed by atoms with van der Waals surface area (Å²) in [6, 6.07) is 4.24. The predicted octanol–water partition coefficient (Wildman–Crippen LogP) is 2.69. The summed E-state index contributed by atoms with van der Waals surface area (Å²) < 4.78 is 5.34. The molecule has 6 heteroatoms. The standard InChI is InChI=1S/C12H16N4OS/c1-3-17-12-10(13)11(14-7-15-12)16-8(2)9-5-4-6-18-9/h4-8H,3,13H2,1-2H3,(H,14,15,16). The van der Waals surface area contributed by atoms with Crippen molar-refractivity contribution in [2.24, 2.45) is 0 Å². The first-order chi connectivity index (χ1) is 8.72. The minimum atomic E-state index is 0.150. The van der Waals surface area contributed by atoms with Crippen LogP contribution in [-0.2, 0) is 0 Å². The molecule has 1 unspecified atom stereocenters. The van der Waals surface area contributed by atoms with E-state index in [0.29, 0.717) is 24.0 Å². The molecule has 2 aromatic rings. The van der Waals surface area contributed by atoms with E-state index in [4.69, 9.17) is 10.5 Å². The molecule has 3 N–H and O–H groups in total. The highest BCUT2D eigenvalue weighted by molar-refractivity contribution is 7.10. The van der Waals surface area contributed by atoms with Crippen LogP contribution in [0.5, 0.6) is 5.88 Å². The molecule has 0 bridgehead atoms. The zero-order chi connectivity index (χ0) is 13.0. The number of hydrogen-bond acceptors (Lipinski definition) is 6. The monoisotopic (exact) mass is 264 g/mol. The number of nitrogens with one attached hydrogen (secondary N) is 1. The molecule has 1 atom stereocenters. The van der Waals surface area contributed by atoms with Crippen molar-refractivity contribution in [3.05, 3.63) is 28.7 Å². The lowest BCUT2D eigenvalue weighted by Gasteiger charge is -2.15. The minimum absolute atomic E-state index is 0.150. The smallest absolute Gasteiger partial charge is 0.242 e. The second-order valence-electron chi connectivity index (χ2n) is 3.76. The van der Waals surface area contributed by atoms with Gasteiger partial charge in [-0.2, -0.15) is 4.98 Å². The Kier molecular flexibility index (Phi) is 3.99. The highest BCUT2D eigenvalue weighted by Gasteiger charge is 2.12. The number of nitrogen functional groups attached to an aromatic ring is 1. The highest BCUT2D eigenvalue weighted by Crippen LogP contribution is 2.29. The molecule has 0 aromatic carbocycles. The van der Waals surface area contributed by atoms with E-state index in [1.807, 2.05) is 18.4 Å². The molecule has 0 aliphatic rings. The molecule has 0 saturated heterocycles. The van der Waals surface area contributed by atoms with Crippen LogP contribution in [0.25, 0.3) is 0 Å². The van der Waals surface area contributed by atoms with Gasteiger partial charge in [0.25, 0.3) is 0 Å². The van der Waals surface area contributed by atoms with Crippen molar-refractivity contribution in [1.82, 2.24) is 9.97 Å². The van der Waals surface area contributed by atoms with Gasteiger partial charge in [0, 0.05) is 4.88 Å². The highest BCUT2D eigenvalue weighted by atomic mass is 32.1. The number of thiophene rings is 1. The average molecular weight is 264 g/mol. The molecule has 0 spiro atoms. The van der Waals surface area contributed by atoms with Gasteiger partial charge in [0.1, 0.15) is 12.0 Å². The summed E-state index contributed by atoms with van der Waals surface area (Å²) in [5.41, 5.74) is 6.41. The maximum absolute atomic E-state index is 5.96. The number of hydrogen-bond donors (Lipinski definition) is 2. The first kappa shape index (κ1) is 12.6. The quantitative estimate of drug-likeness (QED) is 0.868. The van der Waals surface area contributed by atoms with Crippen molar-refractivity contribution < 1.29 is 4.74 Å².